The number of methoxy groups -OCH3 is 1. The molecule has 0 saturated heterocycles. The normalized spacial score (nSPS) is 10.8. The molecule has 0 N–H and O–H groups in total. The zero-order valence-electron chi connectivity index (χ0n) is 14.1. The number of ether oxygens (including phenoxy) is 2. The van der Waals surface area contributed by atoms with Gasteiger partial charge in [-0.2, -0.15) is 0 Å². The molecule has 0 fully saturated rings. The Morgan fingerprint density at radius 1 is 0.962 bits per heavy atom. The minimum atomic E-state index is 0.450. The second-order valence-electron chi connectivity index (χ2n) is 5.74. The Labute approximate surface area is 159 Å². The van der Waals surface area contributed by atoms with Crippen LogP contribution in [-0.2, 0) is 6.61 Å². The molecule has 0 aliphatic carbocycles. The topological polar surface area (TPSA) is 44.5 Å². The molecule has 5 heteroatoms. The van der Waals surface area contributed by atoms with Gasteiger partial charge >= 0.3 is 0 Å². The average Bonchev–Trinajstić information content (AvgIpc) is 3.11. The number of rotatable bonds is 5. The summed E-state index contributed by atoms with van der Waals surface area (Å²) in [7, 11) is 1.62. The van der Waals surface area contributed by atoms with E-state index in [9.17, 15) is 0 Å². The molecule has 4 aromatic rings. The van der Waals surface area contributed by atoms with E-state index >= 15 is 0 Å². The third-order valence-electron chi connectivity index (χ3n) is 4.01. The Balaban J connectivity index is 1.71. The number of hydrogen-bond donors (Lipinski definition) is 0. The summed E-state index contributed by atoms with van der Waals surface area (Å²) in [6.07, 6.45) is 0. The van der Waals surface area contributed by atoms with Crippen molar-refractivity contribution in [1.29, 1.82) is 0 Å². The molecule has 0 aliphatic heterocycles. The number of oxazole rings is 1. The lowest BCUT2D eigenvalue weighted by molar-refractivity contribution is 0.284. The van der Waals surface area contributed by atoms with E-state index in [0.717, 1.165) is 26.7 Å². The van der Waals surface area contributed by atoms with E-state index < -0.39 is 0 Å². The number of para-hydroxylation sites is 2. The lowest BCUT2D eigenvalue weighted by Gasteiger charge is -2.13. The summed E-state index contributed by atoms with van der Waals surface area (Å²) in [5, 5.41) is 0. The van der Waals surface area contributed by atoms with Gasteiger partial charge in [-0.15, -0.1) is 0 Å². The first-order valence-corrected chi connectivity index (χ1v) is 8.94. The summed E-state index contributed by atoms with van der Waals surface area (Å²) in [6.45, 7) is 0.450. The first-order valence-electron chi connectivity index (χ1n) is 8.15. The molecule has 130 valence electrons. The molecule has 4 nitrogen and oxygen atoms in total. The van der Waals surface area contributed by atoms with Gasteiger partial charge in [0.15, 0.2) is 17.1 Å². The van der Waals surface area contributed by atoms with Crippen molar-refractivity contribution in [3.63, 3.8) is 0 Å². The number of halogens is 1. The quantitative estimate of drug-likeness (QED) is 0.414. The van der Waals surface area contributed by atoms with Crippen molar-refractivity contribution in [2.45, 2.75) is 6.61 Å². The fourth-order valence-electron chi connectivity index (χ4n) is 2.69. The van der Waals surface area contributed by atoms with E-state index in [1.54, 1.807) is 7.11 Å². The maximum Gasteiger partial charge on any atom is 0.228 e. The molecule has 1 heterocycles. The van der Waals surface area contributed by atoms with E-state index in [1.165, 1.54) is 0 Å². The number of aromatic nitrogens is 1. The summed E-state index contributed by atoms with van der Waals surface area (Å²) in [5.41, 5.74) is 3.46. The molecular formula is C21H16BrNO3. The summed E-state index contributed by atoms with van der Waals surface area (Å²) >= 11 is 3.58. The summed E-state index contributed by atoms with van der Waals surface area (Å²) in [5.74, 6) is 1.81. The van der Waals surface area contributed by atoms with E-state index in [-0.39, 0.29) is 0 Å². The molecule has 3 aromatic carbocycles. The minimum absolute atomic E-state index is 0.450. The van der Waals surface area contributed by atoms with Gasteiger partial charge in [0.2, 0.25) is 5.89 Å². The largest absolute Gasteiger partial charge is 0.493 e. The molecule has 0 bridgehead atoms. The first-order chi connectivity index (χ1) is 12.7. The third-order valence-corrected chi connectivity index (χ3v) is 4.67. The first kappa shape index (κ1) is 16.7. The zero-order chi connectivity index (χ0) is 17.9. The van der Waals surface area contributed by atoms with Crippen molar-refractivity contribution < 1.29 is 13.9 Å². The molecule has 0 unspecified atom stereocenters. The van der Waals surface area contributed by atoms with Crippen LogP contribution in [0, 0.1) is 0 Å². The van der Waals surface area contributed by atoms with Crippen LogP contribution in [0.3, 0.4) is 0 Å². The molecule has 1 aromatic heterocycles. The van der Waals surface area contributed by atoms with Crippen LogP contribution in [-0.4, -0.2) is 12.1 Å². The fraction of sp³-hybridized carbons (Fsp3) is 0.0952. The van der Waals surface area contributed by atoms with Gasteiger partial charge in [-0.25, -0.2) is 4.98 Å². The van der Waals surface area contributed by atoms with Gasteiger partial charge in [0, 0.05) is 4.47 Å². The molecule has 0 amide bonds. The second kappa shape index (κ2) is 7.22. The van der Waals surface area contributed by atoms with E-state index in [2.05, 4.69) is 20.9 Å². The fourth-order valence-corrected chi connectivity index (χ4v) is 3.19. The lowest BCUT2D eigenvalue weighted by atomic mass is 10.2. The maximum absolute atomic E-state index is 5.99. The predicted molar refractivity (Wildman–Crippen MR) is 104 cm³/mol. The van der Waals surface area contributed by atoms with Gasteiger partial charge in [-0.1, -0.05) is 42.5 Å². The zero-order valence-corrected chi connectivity index (χ0v) is 15.7. The highest BCUT2D eigenvalue weighted by atomic mass is 79.9. The molecule has 0 aliphatic rings. The van der Waals surface area contributed by atoms with Crippen molar-refractivity contribution in [3.05, 3.63) is 76.8 Å². The third kappa shape index (κ3) is 3.30. The molecule has 0 spiro atoms. The van der Waals surface area contributed by atoms with Crippen molar-refractivity contribution >= 4 is 27.0 Å². The van der Waals surface area contributed by atoms with Crippen molar-refractivity contribution in [2.24, 2.45) is 0 Å². The van der Waals surface area contributed by atoms with Crippen LogP contribution in [0.5, 0.6) is 11.5 Å². The summed E-state index contributed by atoms with van der Waals surface area (Å²) < 4.78 is 18.2. The van der Waals surface area contributed by atoms with Crippen LogP contribution < -0.4 is 9.47 Å². The van der Waals surface area contributed by atoms with Gasteiger partial charge in [-0.05, 0) is 45.8 Å². The molecule has 4 rings (SSSR count). The number of hydrogen-bond acceptors (Lipinski definition) is 4. The van der Waals surface area contributed by atoms with Gasteiger partial charge in [0.1, 0.15) is 12.1 Å². The lowest BCUT2D eigenvalue weighted by Crippen LogP contribution is -1.98. The standard InChI is InChI=1S/C21H16BrNO3/c1-24-19-12-16(22)15(21-23-17-9-5-6-10-18(17)26-21)11-20(19)25-13-14-7-3-2-4-8-14/h2-12H,13H2,1H3. The Hall–Kier alpha value is -2.79. The van der Waals surface area contributed by atoms with Crippen LogP contribution in [0.4, 0.5) is 0 Å². The molecule has 0 saturated carbocycles. The Morgan fingerprint density at radius 3 is 2.50 bits per heavy atom. The van der Waals surface area contributed by atoms with Gasteiger partial charge in [0.05, 0.1) is 12.7 Å². The molecule has 26 heavy (non-hydrogen) atoms. The van der Waals surface area contributed by atoms with E-state index in [1.807, 2.05) is 66.7 Å². The Morgan fingerprint density at radius 2 is 1.73 bits per heavy atom. The monoisotopic (exact) mass is 409 g/mol. The Bertz CT molecular complexity index is 1010. The van der Waals surface area contributed by atoms with Crippen LogP contribution >= 0.6 is 15.9 Å². The van der Waals surface area contributed by atoms with E-state index in [0.29, 0.717) is 24.0 Å². The van der Waals surface area contributed by atoms with Crippen LogP contribution in [0.25, 0.3) is 22.6 Å². The van der Waals surface area contributed by atoms with Gasteiger partial charge in [-0.3, -0.25) is 0 Å². The Kier molecular flexibility index (Phi) is 4.63. The summed E-state index contributed by atoms with van der Waals surface area (Å²) in [6, 6.07) is 21.4. The van der Waals surface area contributed by atoms with Crippen molar-refractivity contribution in [1.82, 2.24) is 4.98 Å². The highest BCUT2D eigenvalue weighted by Crippen LogP contribution is 2.39. The number of fused-ring (bicyclic) bond motifs is 1. The van der Waals surface area contributed by atoms with Crippen molar-refractivity contribution in [3.8, 4) is 23.0 Å². The SMILES string of the molecule is COc1cc(Br)c(-c2nc3ccccc3o2)cc1OCc1ccccc1. The van der Waals surface area contributed by atoms with Crippen LogP contribution in [0.2, 0.25) is 0 Å². The molecule has 0 radical (unpaired) electrons. The highest BCUT2D eigenvalue weighted by Gasteiger charge is 2.16. The van der Waals surface area contributed by atoms with Crippen LogP contribution in [0.1, 0.15) is 5.56 Å². The van der Waals surface area contributed by atoms with E-state index in [4.69, 9.17) is 13.9 Å². The van der Waals surface area contributed by atoms with Gasteiger partial charge < -0.3 is 13.9 Å². The highest BCUT2D eigenvalue weighted by molar-refractivity contribution is 9.10. The van der Waals surface area contributed by atoms with Gasteiger partial charge in [0.25, 0.3) is 0 Å². The van der Waals surface area contributed by atoms with Crippen molar-refractivity contribution in [2.75, 3.05) is 7.11 Å². The minimum Gasteiger partial charge on any atom is -0.493 e. The maximum atomic E-state index is 5.99. The molecular weight excluding hydrogens is 394 g/mol. The smallest absolute Gasteiger partial charge is 0.228 e. The predicted octanol–water partition coefficient (Wildman–Crippen LogP) is 5.84. The number of nitrogens with zero attached hydrogens (tertiary/aromatic N) is 1. The number of benzene rings is 3. The second-order valence-corrected chi connectivity index (χ2v) is 6.60. The average molecular weight is 410 g/mol. The molecule has 0 atom stereocenters. The summed E-state index contributed by atoms with van der Waals surface area (Å²) in [4.78, 5) is 4.57. The van der Waals surface area contributed by atoms with Crippen LogP contribution in [0.15, 0.2) is 75.6 Å².